The fraction of sp³-hybridized carbons (Fsp3) is 0.231. The number of ketones is 1. The number of amides is 1. The largest absolute Gasteiger partial charge is 0.465 e. The van der Waals surface area contributed by atoms with E-state index in [2.05, 4.69) is 0 Å². The zero-order valence-corrected chi connectivity index (χ0v) is 9.61. The van der Waals surface area contributed by atoms with Crippen molar-refractivity contribution in [2.75, 3.05) is 11.4 Å². The molecule has 0 spiro atoms. The number of carbonyl (C=O) groups excluding carboxylic acids is 1. The zero-order chi connectivity index (χ0) is 12.7. The molecule has 2 heterocycles. The van der Waals surface area contributed by atoms with Crippen LogP contribution in [0.1, 0.15) is 5.56 Å². The van der Waals surface area contributed by atoms with Crippen molar-refractivity contribution in [3.63, 3.8) is 0 Å². The summed E-state index contributed by atoms with van der Waals surface area (Å²) >= 11 is 0. The van der Waals surface area contributed by atoms with Crippen molar-refractivity contribution >= 4 is 17.6 Å². The van der Waals surface area contributed by atoms with Crippen LogP contribution in [0, 0.1) is 0 Å². The summed E-state index contributed by atoms with van der Waals surface area (Å²) in [5.41, 5.74) is 1.59. The van der Waals surface area contributed by atoms with E-state index in [0.29, 0.717) is 12.2 Å². The van der Waals surface area contributed by atoms with E-state index in [1.807, 2.05) is 23.1 Å². The smallest absolute Gasteiger partial charge is 0.411 e. The minimum absolute atomic E-state index is 0.0333. The number of hydrogen-bond donors (Lipinski definition) is 1. The van der Waals surface area contributed by atoms with Gasteiger partial charge in [0.25, 0.3) is 0 Å². The summed E-state index contributed by atoms with van der Waals surface area (Å²) in [4.78, 5) is 26.2. The molecule has 5 heteroatoms. The standard InChI is InChI=1S/C13H12N2O3/c16-12-5-6-14-7-9-3-1-2-4-10(9)15(13(17)18)8-11(12)14/h1-6,11H,7-8H2,(H,17,18). The molecule has 0 saturated carbocycles. The number of para-hydroxylation sites is 1. The van der Waals surface area contributed by atoms with Gasteiger partial charge >= 0.3 is 6.09 Å². The fourth-order valence-corrected chi connectivity index (χ4v) is 2.46. The first-order chi connectivity index (χ1) is 8.66. The number of benzene rings is 1. The van der Waals surface area contributed by atoms with Crippen molar-refractivity contribution in [1.29, 1.82) is 0 Å². The third-order valence-corrected chi connectivity index (χ3v) is 3.38. The van der Waals surface area contributed by atoms with E-state index < -0.39 is 12.1 Å². The first kappa shape index (κ1) is 10.8. The summed E-state index contributed by atoms with van der Waals surface area (Å²) in [5.74, 6) is -0.0333. The molecule has 5 nitrogen and oxygen atoms in total. The Bertz CT molecular complexity index is 553. The molecule has 0 aromatic heterocycles. The van der Waals surface area contributed by atoms with Crippen molar-refractivity contribution in [1.82, 2.24) is 4.90 Å². The predicted octanol–water partition coefficient (Wildman–Crippen LogP) is 1.45. The number of rotatable bonds is 0. The molecule has 1 aromatic rings. The summed E-state index contributed by atoms with van der Waals surface area (Å²) in [6, 6.07) is 6.96. The molecule has 2 aliphatic rings. The molecule has 1 aromatic carbocycles. The lowest BCUT2D eigenvalue weighted by atomic mass is 10.1. The van der Waals surface area contributed by atoms with Crippen LogP contribution in [0.25, 0.3) is 0 Å². The molecule has 1 amide bonds. The number of nitrogens with zero attached hydrogens (tertiary/aromatic N) is 2. The highest BCUT2D eigenvalue weighted by Crippen LogP contribution is 2.29. The van der Waals surface area contributed by atoms with Crippen LogP contribution in [0.15, 0.2) is 36.5 Å². The molecule has 1 N–H and O–H groups in total. The number of hydrogen-bond acceptors (Lipinski definition) is 3. The van der Waals surface area contributed by atoms with Crippen LogP contribution in [0.2, 0.25) is 0 Å². The lowest BCUT2D eigenvalue weighted by Crippen LogP contribution is -2.42. The van der Waals surface area contributed by atoms with E-state index in [1.165, 1.54) is 11.0 Å². The normalized spacial score (nSPS) is 21.6. The Balaban J connectivity index is 2.07. The van der Waals surface area contributed by atoms with Gasteiger partial charge in [-0.2, -0.15) is 0 Å². The van der Waals surface area contributed by atoms with Crippen molar-refractivity contribution < 1.29 is 14.7 Å². The van der Waals surface area contributed by atoms with Gasteiger partial charge in [-0.25, -0.2) is 4.79 Å². The van der Waals surface area contributed by atoms with Crippen LogP contribution in [0.4, 0.5) is 10.5 Å². The van der Waals surface area contributed by atoms with Crippen LogP contribution < -0.4 is 4.90 Å². The first-order valence-corrected chi connectivity index (χ1v) is 5.73. The quantitative estimate of drug-likeness (QED) is 0.750. The Kier molecular flexibility index (Phi) is 2.33. The van der Waals surface area contributed by atoms with Crippen molar-refractivity contribution in [3.8, 4) is 0 Å². The Hall–Kier alpha value is -2.30. The molecular weight excluding hydrogens is 232 g/mol. The van der Waals surface area contributed by atoms with Gasteiger partial charge in [0, 0.05) is 12.7 Å². The van der Waals surface area contributed by atoms with Crippen LogP contribution >= 0.6 is 0 Å². The van der Waals surface area contributed by atoms with E-state index in [1.54, 1.807) is 12.3 Å². The summed E-state index contributed by atoms with van der Waals surface area (Å²) in [6.07, 6.45) is 2.23. The fourth-order valence-electron chi connectivity index (χ4n) is 2.46. The van der Waals surface area contributed by atoms with Crippen molar-refractivity contribution in [2.45, 2.75) is 12.6 Å². The van der Waals surface area contributed by atoms with Crippen LogP contribution in [0.3, 0.4) is 0 Å². The Morgan fingerprint density at radius 3 is 2.89 bits per heavy atom. The van der Waals surface area contributed by atoms with Crippen LogP contribution in [-0.2, 0) is 11.3 Å². The summed E-state index contributed by atoms with van der Waals surface area (Å²) < 4.78 is 0. The Labute approximate surface area is 104 Å². The first-order valence-electron chi connectivity index (χ1n) is 5.73. The molecule has 0 saturated heterocycles. The maximum absolute atomic E-state index is 11.7. The average Bonchev–Trinajstić information content (AvgIpc) is 2.61. The number of carbonyl (C=O) groups is 2. The van der Waals surface area contributed by atoms with E-state index >= 15 is 0 Å². The van der Waals surface area contributed by atoms with Gasteiger partial charge in [0.05, 0.1) is 12.2 Å². The lowest BCUT2D eigenvalue weighted by molar-refractivity contribution is -0.117. The maximum Gasteiger partial charge on any atom is 0.411 e. The van der Waals surface area contributed by atoms with Crippen LogP contribution in [-0.4, -0.2) is 34.5 Å². The van der Waals surface area contributed by atoms with E-state index in [9.17, 15) is 14.7 Å². The van der Waals surface area contributed by atoms with Gasteiger partial charge in [0.1, 0.15) is 6.04 Å². The molecule has 0 aliphatic carbocycles. The molecule has 1 unspecified atom stereocenters. The lowest BCUT2D eigenvalue weighted by Gasteiger charge is -2.23. The highest BCUT2D eigenvalue weighted by atomic mass is 16.4. The second kappa shape index (κ2) is 3.87. The average molecular weight is 244 g/mol. The number of carboxylic acid groups (broad SMARTS) is 1. The Morgan fingerprint density at radius 2 is 2.11 bits per heavy atom. The SMILES string of the molecule is O=C1C=CN2Cc3ccccc3N(C(=O)O)CC12. The predicted molar refractivity (Wildman–Crippen MR) is 65.3 cm³/mol. The molecule has 0 radical (unpaired) electrons. The van der Waals surface area contributed by atoms with Crippen molar-refractivity contribution in [3.05, 3.63) is 42.1 Å². The topological polar surface area (TPSA) is 60.9 Å². The zero-order valence-electron chi connectivity index (χ0n) is 9.61. The van der Waals surface area contributed by atoms with Gasteiger partial charge < -0.3 is 10.0 Å². The number of anilines is 1. The van der Waals surface area contributed by atoms with Crippen LogP contribution in [0.5, 0.6) is 0 Å². The third-order valence-electron chi connectivity index (χ3n) is 3.38. The van der Waals surface area contributed by atoms with Crippen molar-refractivity contribution in [2.24, 2.45) is 0 Å². The van der Waals surface area contributed by atoms with E-state index in [4.69, 9.17) is 0 Å². The molecule has 92 valence electrons. The van der Waals surface area contributed by atoms with E-state index in [0.717, 1.165) is 5.56 Å². The molecule has 1 atom stereocenters. The molecule has 2 aliphatic heterocycles. The molecule has 0 fully saturated rings. The third kappa shape index (κ3) is 1.55. The van der Waals surface area contributed by atoms with Gasteiger partial charge in [-0.1, -0.05) is 18.2 Å². The second-order valence-electron chi connectivity index (χ2n) is 4.43. The summed E-state index contributed by atoms with van der Waals surface area (Å²) in [6.45, 7) is 0.741. The van der Waals surface area contributed by atoms with Gasteiger partial charge in [-0.3, -0.25) is 9.69 Å². The van der Waals surface area contributed by atoms with Gasteiger partial charge in [0.15, 0.2) is 5.78 Å². The highest BCUT2D eigenvalue weighted by Gasteiger charge is 2.35. The summed E-state index contributed by atoms with van der Waals surface area (Å²) in [5, 5.41) is 9.29. The van der Waals surface area contributed by atoms with Gasteiger partial charge in [-0.05, 0) is 17.7 Å². The van der Waals surface area contributed by atoms with E-state index in [-0.39, 0.29) is 12.3 Å². The minimum Gasteiger partial charge on any atom is -0.465 e. The summed E-state index contributed by atoms with van der Waals surface area (Å²) in [7, 11) is 0. The molecule has 3 rings (SSSR count). The molecular formula is C13H12N2O3. The van der Waals surface area contributed by atoms with Gasteiger partial charge in [-0.15, -0.1) is 0 Å². The number of fused-ring (bicyclic) bond motifs is 2. The Morgan fingerprint density at radius 1 is 1.33 bits per heavy atom. The molecule has 0 bridgehead atoms. The second-order valence-corrected chi connectivity index (χ2v) is 4.43. The molecule has 18 heavy (non-hydrogen) atoms. The highest BCUT2D eigenvalue weighted by molar-refractivity contribution is 5.98. The maximum atomic E-state index is 11.7. The monoisotopic (exact) mass is 244 g/mol. The minimum atomic E-state index is -1.02. The van der Waals surface area contributed by atoms with Gasteiger partial charge in [0.2, 0.25) is 0 Å².